The first-order valence-corrected chi connectivity index (χ1v) is 9.43. The molecule has 1 N–H and O–H groups in total. The van der Waals surface area contributed by atoms with Gasteiger partial charge in [0.05, 0.1) is 5.75 Å². The Morgan fingerprint density at radius 2 is 2.05 bits per heavy atom. The van der Waals surface area contributed by atoms with E-state index in [9.17, 15) is 8.42 Å². The highest BCUT2D eigenvalue weighted by Gasteiger charge is 2.14. The fourth-order valence-corrected chi connectivity index (χ4v) is 3.61. The summed E-state index contributed by atoms with van der Waals surface area (Å²) in [6.45, 7) is 4.49. The van der Waals surface area contributed by atoms with E-state index >= 15 is 0 Å². The maximum absolute atomic E-state index is 11.9. The minimum Gasteiger partial charge on any atom is -0.357 e. The van der Waals surface area contributed by atoms with Gasteiger partial charge in [0.25, 0.3) is 0 Å². The zero-order valence-corrected chi connectivity index (χ0v) is 13.5. The van der Waals surface area contributed by atoms with Crippen LogP contribution in [0.4, 0.5) is 5.82 Å². The molecular weight excluding hydrogens is 286 g/mol. The van der Waals surface area contributed by atoms with Crippen molar-refractivity contribution in [3.63, 3.8) is 0 Å². The highest BCUT2D eigenvalue weighted by molar-refractivity contribution is 7.89. The van der Waals surface area contributed by atoms with E-state index in [1.54, 1.807) is 6.20 Å². The van der Waals surface area contributed by atoms with Crippen molar-refractivity contribution in [2.45, 2.75) is 45.6 Å². The van der Waals surface area contributed by atoms with E-state index < -0.39 is 10.0 Å². The summed E-state index contributed by atoms with van der Waals surface area (Å²) in [5, 5.41) is 0. The van der Waals surface area contributed by atoms with Crippen molar-refractivity contribution >= 4 is 15.8 Å². The van der Waals surface area contributed by atoms with E-state index in [4.69, 9.17) is 0 Å². The Balaban J connectivity index is 1.89. The van der Waals surface area contributed by atoms with Crippen molar-refractivity contribution in [1.29, 1.82) is 0 Å². The Hall–Kier alpha value is -1.14. The maximum atomic E-state index is 11.9. The summed E-state index contributed by atoms with van der Waals surface area (Å²) in [5.74, 6) is 1.17. The average molecular weight is 311 g/mol. The van der Waals surface area contributed by atoms with Crippen LogP contribution in [0.5, 0.6) is 0 Å². The molecule has 0 amide bonds. The minimum atomic E-state index is -3.17. The molecule has 0 aromatic carbocycles. The van der Waals surface area contributed by atoms with Gasteiger partial charge in [0.1, 0.15) is 5.82 Å². The molecule has 5 nitrogen and oxygen atoms in total. The standard InChI is InChI=1S/C15H25N3O2S/c1-2-3-6-11-21(19,20)17-13-14-7-8-16-15(12-14)18-9-4-5-10-18/h7-8,12,17H,2-6,9-11,13H2,1H3. The fourth-order valence-electron chi connectivity index (χ4n) is 2.50. The molecule has 118 valence electrons. The van der Waals surface area contributed by atoms with Crippen LogP contribution in [0.3, 0.4) is 0 Å². The molecule has 0 aliphatic carbocycles. The molecule has 1 fully saturated rings. The van der Waals surface area contributed by atoms with E-state index in [-0.39, 0.29) is 5.75 Å². The molecule has 1 aliphatic heterocycles. The normalized spacial score (nSPS) is 15.6. The predicted octanol–water partition coefficient (Wildman–Crippen LogP) is 2.29. The van der Waals surface area contributed by atoms with Gasteiger partial charge in [-0.25, -0.2) is 18.1 Å². The van der Waals surface area contributed by atoms with Crippen molar-refractivity contribution in [2.24, 2.45) is 0 Å². The number of rotatable bonds is 8. The van der Waals surface area contributed by atoms with Crippen molar-refractivity contribution in [2.75, 3.05) is 23.7 Å². The van der Waals surface area contributed by atoms with Gasteiger partial charge in [-0.15, -0.1) is 0 Å². The van der Waals surface area contributed by atoms with Gasteiger partial charge in [0, 0.05) is 25.8 Å². The first-order valence-electron chi connectivity index (χ1n) is 7.78. The third-order valence-corrected chi connectivity index (χ3v) is 5.16. The SMILES string of the molecule is CCCCCS(=O)(=O)NCc1ccnc(N2CCCC2)c1. The van der Waals surface area contributed by atoms with Gasteiger partial charge in [-0.2, -0.15) is 0 Å². The maximum Gasteiger partial charge on any atom is 0.211 e. The summed E-state index contributed by atoms with van der Waals surface area (Å²) < 4.78 is 26.4. The van der Waals surface area contributed by atoms with Crippen LogP contribution in [0.25, 0.3) is 0 Å². The highest BCUT2D eigenvalue weighted by Crippen LogP contribution is 2.18. The second-order valence-corrected chi connectivity index (χ2v) is 7.49. The largest absolute Gasteiger partial charge is 0.357 e. The lowest BCUT2D eigenvalue weighted by atomic mass is 10.2. The highest BCUT2D eigenvalue weighted by atomic mass is 32.2. The molecule has 0 spiro atoms. The smallest absolute Gasteiger partial charge is 0.211 e. The molecule has 2 rings (SSSR count). The Labute approximate surface area is 127 Å². The van der Waals surface area contributed by atoms with Crippen molar-refractivity contribution < 1.29 is 8.42 Å². The number of hydrogen-bond donors (Lipinski definition) is 1. The molecular formula is C15H25N3O2S. The molecule has 0 bridgehead atoms. The Morgan fingerprint density at radius 1 is 1.29 bits per heavy atom. The van der Waals surface area contributed by atoms with Crippen LogP contribution in [0, 0.1) is 0 Å². The Kier molecular flexibility index (Phi) is 5.99. The molecule has 1 aromatic rings. The molecule has 1 aliphatic rings. The molecule has 2 heterocycles. The molecule has 0 atom stereocenters. The van der Waals surface area contributed by atoms with Gasteiger partial charge in [-0.1, -0.05) is 19.8 Å². The lowest BCUT2D eigenvalue weighted by Gasteiger charge is -2.17. The summed E-state index contributed by atoms with van der Waals surface area (Å²) in [6.07, 6.45) is 6.87. The zero-order chi connectivity index (χ0) is 15.1. The monoisotopic (exact) mass is 311 g/mol. The summed E-state index contributed by atoms with van der Waals surface area (Å²) in [6, 6.07) is 3.86. The lowest BCUT2D eigenvalue weighted by molar-refractivity contribution is 0.576. The third kappa shape index (κ3) is 5.28. The second-order valence-electron chi connectivity index (χ2n) is 5.56. The molecule has 1 saturated heterocycles. The number of sulfonamides is 1. The van der Waals surface area contributed by atoms with E-state index in [0.29, 0.717) is 6.54 Å². The topological polar surface area (TPSA) is 62.3 Å². The number of hydrogen-bond acceptors (Lipinski definition) is 4. The van der Waals surface area contributed by atoms with Crippen LogP contribution in [0.15, 0.2) is 18.3 Å². The van der Waals surface area contributed by atoms with Crippen LogP contribution in [-0.2, 0) is 16.6 Å². The van der Waals surface area contributed by atoms with E-state index in [1.165, 1.54) is 12.8 Å². The van der Waals surface area contributed by atoms with Crippen LogP contribution < -0.4 is 9.62 Å². The van der Waals surface area contributed by atoms with Gasteiger partial charge in [0.15, 0.2) is 0 Å². The Morgan fingerprint density at radius 3 is 2.76 bits per heavy atom. The summed E-state index contributed by atoms with van der Waals surface area (Å²) >= 11 is 0. The van der Waals surface area contributed by atoms with Crippen molar-refractivity contribution in [1.82, 2.24) is 9.71 Å². The van der Waals surface area contributed by atoms with Crippen molar-refractivity contribution in [3.8, 4) is 0 Å². The van der Waals surface area contributed by atoms with Gasteiger partial charge >= 0.3 is 0 Å². The fraction of sp³-hybridized carbons (Fsp3) is 0.667. The molecule has 1 aromatic heterocycles. The van der Waals surface area contributed by atoms with Gasteiger partial charge in [0.2, 0.25) is 10.0 Å². The van der Waals surface area contributed by atoms with Crippen LogP contribution in [0.1, 0.15) is 44.6 Å². The molecule has 0 unspecified atom stereocenters. The number of unbranched alkanes of at least 4 members (excludes halogenated alkanes) is 2. The van der Waals surface area contributed by atoms with Crippen LogP contribution in [-0.4, -0.2) is 32.2 Å². The van der Waals surface area contributed by atoms with E-state index in [1.807, 2.05) is 12.1 Å². The number of nitrogens with one attached hydrogen (secondary N) is 1. The van der Waals surface area contributed by atoms with E-state index in [2.05, 4.69) is 21.5 Å². The number of aromatic nitrogens is 1. The first kappa shape index (κ1) is 16.2. The second kappa shape index (κ2) is 7.75. The molecule has 6 heteroatoms. The number of nitrogens with zero attached hydrogens (tertiary/aromatic N) is 2. The average Bonchev–Trinajstić information content (AvgIpc) is 3.00. The van der Waals surface area contributed by atoms with Gasteiger partial charge in [-0.3, -0.25) is 0 Å². The third-order valence-electron chi connectivity index (χ3n) is 3.75. The van der Waals surface area contributed by atoms with Gasteiger partial charge in [-0.05, 0) is 37.0 Å². The van der Waals surface area contributed by atoms with Crippen LogP contribution >= 0.6 is 0 Å². The van der Waals surface area contributed by atoms with Crippen LogP contribution in [0.2, 0.25) is 0 Å². The summed E-state index contributed by atoms with van der Waals surface area (Å²) in [7, 11) is -3.17. The quantitative estimate of drug-likeness (QED) is 0.748. The predicted molar refractivity (Wildman–Crippen MR) is 85.8 cm³/mol. The van der Waals surface area contributed by atoms with E-state index in [0.717, 1.165) is 43.7 Å². The van der Waals surface area contributed by atoms with Gasteiger partial charge < -0.3 is 4.90 Å². The number of anilines is 1. The zero-order valence-electron chi connectivity index (χ0n) is 12.7. The number of pyridine rings is 1. The Bertz CT molecular complexity index is 540. The summed E-state index contributed by atoms with van der Waals surface area (Å²) in [4.78, 5) is 6.62. The molecule has 0 radical (unpaired) electrons. The molecule has 21 heavy (non-hydrogen) atoms. The first-order chi connectivity index (χ1) is 10.1. The van der Waals surface area contributed by atoms with Crippen molar-refractivity contribution in [3.05, 3.63) is 23.9 Å². The lowest BCUT2D eigenvalue weighted by Crippen LogP contribution is -2.26. The summed E-state index contributed by atoms with van der Waals surface area (Å²) in [5.41, 5.74) is 0.964. The minimum absolute atomic E-state index is 0.213. The molecule has 0 saturated carbocycles.